The van der Waals surface area contributed by atoms with Crippen molar-refractivity contribution in [1.82, 2.24) is 5.32 Å². The van der Waals surface area contributed by atoms with E-state index in [1.54, 1.807) is 7.11 Å². The van der Waals surface area contributed by atoms with Gasteiger partial charge in [-0.25, -0.2) is 0 Å². The van der Waals surface area contributed by atoms with Crippen LogP contribution < -0.4 is 5.32 Å². The molecule has 0 unspecified atom stereocenters. The van der Waals surface area contributed by atoms with Gasteiger partial charge in [0.25, 0.3) is 0 Å². The number of nitrogens with one attached hydrogen (secondary N) is 1. The molecular weight excluding hydrogens is 230 g/mol. The zero-order valence-corrected chi connectivity index (χ0v) is 11.3. The molecule has 0 bridgehead atoms. The molecule has 0 aliphatic rings. The number of methoxy groups -OCH3 is 1. The number of rotatable bonds is 10. The maximum absolute atomic E-state index is 5.52. The molecule has 0 aliphatic heterocycles. The summed E-state index contributed by atoms with van der Waals surface area (Å²) in [5, 5.41) is 3.12. The molecule has 102 valence electrons. The normalized spacial score (nSPS) is 10.8. The van der Waals surface area contributed by atoms with Gasteiger partial charge in [0.1, 0.15) is 0 Å². The van der Waals surface area contributed by atoms with Crippen LogP contribution >= 0.6 is 0 Å². The number of hydrogen-bond donors (Lipinski definition) is 1. The van der Waals surface area contributed by atoms with Crippen LogP contribution in [-0.4, -0.2) is 40.6 Å². The van der Waals surface area contributed by atoms with Gasteiger partial charge in [-0.2, -0.15) is 0 Å². The predicted octanol–water partition coefficient (Wildman–Crippen LogP) is 1.59. The smallest absolute Gasteiger partial charge is 0.0718 e. The van der Waals surface area contributed by atoms with Crippen LogP contribution in [0.1, 0.15) is 11.1 Å². The van der Waals surface area contributed by atoms with E-state index in [0.717, 1.165) is 6.54 Å². The molecular formula is C14H23NO3. The van der Waals surface area contributed by atoms with Crippen molar-refractivity contribution in [3.8, 4) is 0 Å². The Morgan fingerprint density at radius 2 is 1.50 bits per heavy atom. The van der Waals surface area contributed by atoms with Crippen LogP contribution in [0.2, 0.25) is 0 Å². The molecule has 1 aromatic carbocycles. The lowest BCUT2D eigenvalue weighted by Gasteiger charge is -2.06. The summed E-state index contributed by atoms with van der Waals surface area (Å²) in [7, 11) is 3.61. The molecule has 18 heavy (non-hydrogen) atoms. The average Bonchev–Trinajstić information content (AvgIpc) is 2.40. The highest BCUT2D eigenvalue weighted by Crippen LogP contribution is 2.05. The highest BCUT2D eigenvalue weighted by atomic mass is 16.5. The molecule has 0 saturated carbocycles. The van der Waals surface area contributed by atoms with Crippen molar-refractivity contribution >= 4 is 0 Å². The second-order valence-corrected chi connectivity index (χ2v) is 4.00. The molecule has 0 aromatic heterocycles. The van der Waals surface area contributed by atoms with Gasteiger partial charge in [0.2, 0.25) is 0 Å². The Kier molecular flexibility index (Phi) is 8.42. The zero-order valence-electron chi connectivity index (χ0n) is 11.3. The van der Waals surface area contributed by atoms with Crippen molar-refractivity contribution in [2.75, 3.05) is 40.6 Å². The Hall–Kier alpha value is -0.940. The molecule has 4 nitrogen and oxygen atoms in total. The topological polar surface area (TPSA) is 39.7 Å². The van der Waals surface area contributed by atoms with Crippen molar-refractivity contribution < 1.29 is 14.2 Å². The third kappa shape index (κ3) is 6.71. The van der Waals surface area contributed by atoms with Crippen molar-refractivity contribution in [1.29, 1.82) is 0 Å². The lowest BCUT2D eigenvalue weighted by molar-refractivity contribution is 0.0199. The SMILES string of the molecule is CNCc1ccc(COCCOCCOC)cc1. The molecule has 1 rings (SSSR count). The standard InChI is InChI=1S/C14H23NO3/c1-15-11-13-3-5-14(6-4-13)12-18-10-9-17-8-7-16-2/h3-6,15H,7-12H2,1-2H3. The molecule has 0 amide bonds. The van der Waals surface area contributed by atoms with Crippen molar-refractivity contribution in [3.05, 3.63) is 35.4 Å². The van der Waals surface area contributed by atoms with Crippen molar-refractivity contribution in [3.63, 3.8) is 0 Å². The minimum absolute atomic E-state index is 0.612. The Labute approximate surface area is 109 Å². The molecule has 1 aromatic rings. The van der Waals surface area contributed by atoms with Crippen LogP contribution in [0.3, 0.4) is 0 Å². The summed E-state index contributed by atoms with van der Waals surface area (Å²) in [4.78, 5) is 0. The second kappa shape index (κ2) is 10.0. The summed E-state index contributed by atoms with van der Waals surface area (Å²) >= 11 is 0. The molecule has 0 aliphatic carbocycles. The minimum atomic E-state index is 0.612. The van der Waals surface area contributed by atoms with Crippen molar-refractivity contribution in [2.24, 2.45) is 0 Å². The summed E-state index contributed by atoms with van der Waals surface area (Å²) in [6.45, 7) is 4.01. The number of benzene rings is 1. The first-order chi connectivity index (χ1) is 8.86. The van der Waals surface area contributed by atoms with Gasteiger partial charge in [0, 0.05) is 13.7 Å². The highest BCUT2D eigenvalue weighted by Gasteiger charge is 1.95. The number of ether oxygens (including phenoxy) is 3. The summed E-state index contributed by atoms with van der Waals surface area (Å²) in [6, 6.07) is 8.42. The van der Waals surface area contributed by atoms with Gasteiger partial charge < -0.3 is 19.5 Å². The van der Waals surface area contributed by atoms with E-state index in [2.05, 4.69) is 29.6 Å². The molecule has 0 heterocycles. The minimum Gasteiger partial charge on any atom is -0.382 e. The van der Waals surface area contributed by atoms with Gasteiger partial charge in [-0.1, -0.05) is 24.3 Å². The lowest BCUT2D eigenvalue weighted by atomic mass is 10.1. The van der Waals surface area contributed by atoms with E-state index in [1.165, 1.54) is 11.1 Å². The van der Waals surface area contributed by atoms with E-state index >= 15 is 0 Å². The molecule has 0 spiro atoms. The number of hydrogen-bond acceptors (Lipinski definition) is 4. The fourth-order valence-electron chi connectivity index (χ4n) is 1.51. The zero-order chi connectivity index (χ0) is 13.1. The first kappa shape index (κ1) is 15.1. The summed E-state index contributed by atoms with van der Waals surface area (Å²) < 4.78 is 15.7. The highest BCUT2D eigenvalue weighted by molar-refractivity contribution is 5.21. The fraction of sp³-hybridized carbons (Fsp3) is 0.571. The maximum Gasteiger partial charge on any atom is 0.0718 e. The van der Waals surface area contributed by atoms with Crippen molar-refractivity contribution in [2.45, 2.75) is 13.2 Å². The van der Waals surface area contributed by atoms with Crippen LogP contribution in [0.5, 0.6) is 0 Å². The van der Waals surface area contributed by atoms with Crippen LogP contribution in [0, 0.1) is 0 Å². The predicted molar refractivity (Wildman–Crippen MR) is 71.6 cm³/mol. The first-order valence-electron chi connectivity index (χ1n) is 6.23. The maximum atomic E-state index is 5.52. The Morgan fingerprint density at radius 1 is 0.889 bits per heavy atom. The monoisotopic (exact) mass is 253 g/mol. The van der Waals surface area contributed by atoms with Gasteiger partial charge in [0.05, 0.1) is 33.0 Å². The van der Waals surface area contributed by atoms with E-state index in [-0.39, 0.29) is 0 Å². The molecule has 0 saturated heterocycles. The fourth-order valence-corrected chi connectivity index (χ4v) is 1.51. The average molecular weight is 253 g/mol. The van der Waals surface area contributed by atoms with Gasteiger partial charge in [-0.15, -0.1) is 0 Å². The molecule has 0 atom stereocenters. The van der Waals surface area contributed by atoms with E-state index in [0.29, 0.717) is 33.0 Å². The van der Waals surface area contributed by atoms with E-state index in [9.17, 15) is 0 Å². The molecule has 1 N–H and O–H groups in total. The quantitative estimate of drug-likeness (QED) is 0.643. The lowest BCUT2D eigenvalue weighted by Crippen LogP contribution is -2.08. The largest absolute Gasteiger partial charge is 0.382 e. The summed E-state index contributed by atoms with van der Waals surface area (Å²) in [5.41, 5.74) is 2.47. The molecule has 4 heteroatoms. The Morgan fingerprint density at radius 3 is 2.17 bits per heavy atom. The van der Waals surface area contributed by atoms with Crippen LogP contribution in [-0.2, 0) is 27.4 Å². The van der Waals surface area contributed by atoms with E-state index in [4.69, 9.17) is 14.2 Å². The second-order valence-electron chi connectivity index (χ2n) is 4.00. The third-order valence-electron chi connectivity index (χ3n) is 2.48. The first-order valence-corrected chi connectivity index (χ1v) is 6.23. The van der Waals surface area contributed by atoms with Gasteiger partial charge in [-0.3, -0.25) is 0 Å². The molecule has 0 fully saturated rings. The van der Waals surface area contributed by atoms with Gasteiger partial charge in [-0.05, 0) is 18.2 Å². The van der Waals surface area contributed by atoms with Crippen LogP contribution in [0.25, 0.3) is 0 Å². The van der Waals surface area contributed by atoms with Crippen LogP contribution in [0.4, 0.5) is 0 Å². The van der Waals surface area contributed by atoms with E-state index < -0.39 is 0 Å². The van der Waals surface area contributed by atoms with Crippen LogP contribution in [0.15, 0.2) is 24.3 Å². The summed E-state index contributed by atoms with van der Waals surface area (Å²) in [5.74, 6) is 0. The van der Waals surface area contributed by atoms with E-state index in [1.807, 2.05) is 7.05 Å². The van der Waals surface area contributed by atoms with Gasteiger partial charge in [0.15, 0.2) is 0 Å². The molecule has 0 radical (unpaired) electrons. The van der Waals surface area contributed by atoms with Gasteiger partial charge >= 0.3 is 0 Å². The Balaban J connectivity index is 2.08. The summed E-state index contributed by atoms with van der Waals surface area (Å²) in [6.07, 6.45) is 0. The third-order valence-corrected chi connectivity index (χ3v) is 2.48. The Bertz CT molecular complexity index is 300.